The van der Waals surface area contributed by atoms with Crippen LogP contribution in [0.2, 0.25) is 0 Å². The van der Waals surface area contributed by atoms with Crippen molar-refractivity contribution in [3.05, 3.63) is 46.5 Å². The Morgan fingerprint density at radius 1 is 1.41 bits per heavy atom. The molecule has 2 rings (SSSR count). The average molecular weight is 296 g/mol. The summed E-state index contributed by atoms with van der Waals surface area (Å²) in [7, 11) is 1.65. The van der Waals surface area contributed by atoms with Crippen LogP contribution in [0.4, 0.5) is 0 Å². The van der Waals surface area contributed by atoms with Gasteiger partial charge in [0.15, 0.2) is 0 Å². The lowest BCUT2D eigenvalue weighted by Gasteiger charge is -2.13. The number of nitrogens with zero attached hydrogens (tertiary/aromatic N) is 1. The number of nitrogens with one attached hydrogen (secondary N) is 1. The normalized spacial score (nSPS) is 12.4. The molecule has 0 bridgehead atoms. The third kappa shape index (κ3) is 2.68. The lowest BCUT2D eigenvalue weighted by Crippen LogP contribution is -2.15. The minimum absolute atomic E-state index is 0.0761. The number of aromatic nitrogens is 2. The highest BCUT2D eigenvalue weighted by molar-refractivity contribution is 9.10. The molecule has 0 saturated heterocycles. The summed E-state index contributed by atoms with van der Waals surface area (Å²) in [5.41, 5.74) is 6.93. The Labute approximate surface area is 108 Å². The van der Waals surface area contributed by atoms with Crippen LogP contribution in [0, 0.1) is 0 Å². The Kier molecular flexibility index (Phi) is 3.81. The molecule has 0 radical (unpaired) electrons. The first-order valence-corrected chi connectivity index (χ1v) is 6.08. The van der Waals surface area contributed by atoms with Gasteiger partial charge in [-0.2, -0.15) is 0 Å². The molecule has 1 heterocycles. The zero-order valence-corrected chi connectivity index (χ0v) is 11.1. The molecule has 0 spiro atoms. The van der Waals surface area contributed by atoms with Crippen LogP contribution in [0.3, 0.4) is 0 Å². The van der Waals surface area contributed by atoms with Crippen LogP contribution in [0.1, 0.15) is 17.3 Å². The molecule has 2 aromatic rings. The van der Waals surface area contributed by atoms with E-state index in [0.717, 1.165) is 21.7 Å². The minimum Gasteiger partial charge on any atom is -0.497 e. The zero-order chi connectivity index (χ0) is 12.3. The van der Waals surface area contributed by atoms with Crippen molar-refractivity contribution in [2.75, 3.05) is 13.7 Å². The van der Waals surface area contributed by atoms with Crippen LogP contribution >= 0.6 is 15.9 Å². The second kappa shape index (κ2) is 5.33. The molecule has 0 amide bonds. The third-order valence-electron chi connectivity index (χ3n) is 2.65. The summed E-state index contributed by atoms with van der Waals surface area (Å²) in [4.78, 5) is 7.44. The molecule has 1 atom stereocenters. The molecule has 1 aromatic carbocycles. The molecule has 17 heavy (non-hydrogen) atoms. The minimum atomic E-state index is 0.0761. The first kappa shape index (κ1) is 12.1. The predicted molar refractivity (Wildman–Crippen MR) is 70.2 cm³/mol. The number of H-pyrrole nitrogens is 1. The summed E-state index contributed by atoms with van der Waals surface area (Å²) in [6, 6.07) is 7.87. The fourth-order valence-corrected chi connectivity index (χ4v) is 2.04. The standard InChI is InChI=1S/C12H14BrN3O/c1-17-9-4-2-8(3-5-9)10(6-14)12-15-7-11(13)16-12/h2-5,7,10H,6,14H2,1H3,(H,15,16). The number of methoxy groups -OCH3 is 1. The van der Waals surface area contributed by atoms with Gasteiger partial charge in [0.05, 0.1) is 19.2 Å². The smallest absolute Gasteiger partial charge is 0.118 e. The van der Waals surface area contributed by atoms with Crippen LogP contribution in [-0.2, 0) is 0 Å². The van der Waals surface area contributed by atoms with Crippen LogP contribution in [0.15, 0.2) is 35.1 Å². The van der Waals surface area contributed by atoms with Crippen LogP contribution in [0.25, 0.3) is 0 Å². The van der Waals surface area contributed by atoms with Gasteiger partial charge in [-0.3, -0.25) is 0 Å². The Morgan fingerprint density at radius 2 is 2.12 bits per heavy atom. The largest absolute Gasteiger partial charge is 0.497 e. The molecule has 0 saturated carbocycles. The van der Waals surface area contributed by atoms with E-state index in [-0.39, 0.29) is 5.92 Å². The van der Waals surface area contributed by atoms with Crippen molar-refractivity contribution in [3.63, 3.8) is 0 Å². The molecule has 90 valence electrons. The molecule has 0 aliphatic carbocycles. The van der Waals surface area contributed by atoms with Gasteiger partial charge in [-0.05, 0) is 33.6 Å². The molecular formula is C12H14BrN3O. The predicted octanol–water partition coefficient (Wildman–Crippen LogP) is 2.27. The van der Waals surface area contributed by atoms with Crippen molar-refractivity contribution in [3.8, 4) is 5.75 Å². The van der Waals surface area contributed by atoms with E-state index in [9.17, 15) is 0 Å². The Hall–Kier alpha value is -1.33. The third-order valence-corrected chi connectivity index (χ3v) is 3.05. The van der Waals surface area contributed by atoms with Crippen molar-refractivity contribution >= 4 is 15.9 Å². The zero-order valence-electron chi connectivity index (χ0n) is 9.48. The molecule has 0 aliphatic rings. The molecular weight excluding hydrogens is 282 g/mol. The number of hydrogen-bond acceptors (Lipinski definition) is 3. The highest BCUT2D eigenvalue weighted by Crippen LogP contribution is 2.24. The highest BCUT2D eigenvalue weighted by atomic mass is 79.9. The Morgan fingerprint density at radius 3 is 2.59 bits per heavy atom. The van der Waals surface area contributed by atoms with Gasteiger partial charge >= 0.3 is 0 Å². The molecule has 3 N–H and O–H groups in total. The van der Waals surface area contributed by atoms with E-state index in [1.807, 2.05) is 24.3 Å². The van der Waals surface area contributed by atoms with E-state index in [1.54, 1.807) is 13.3 Å². The van der Waals surface area contributed by atoms with E-state index in [0.29, 0.717) is 6.54 Å². The number of benzene rings is 1. The maximum atomic E-state index is 5.81. The maximum Gasteiger partial charge on any atom is 0.118 e. The first-order chi connectivity index (χ1) is 8.24. The van der Waals surface area contributed by atoms with Crippen LogP contribution in [-0.4, -0.2) is 23.6 Å². The number of imidazole rings is 1. The van der Waals surface area contributed by atoms with Gasteiger partial charge in [0.2, 0.25) is 0 Å². The van der Waals surface area contributed by atoms with E-state index in [2.05, 4.69) is 25.9 Å². The summed E-state index contributed by atoms with van der Waals surface area (Å²) in [5, 5.41) is 0. The lowest BCUT2D eigenvalue weighted by molar-refractivity contribution is 0.414. The number of halogens is 1. The number of aromatic amines is 1. The van der Waals surface area contributed by atoms with Crippen molar-refractivity contribution in [1.29, 1.82) is 0 Å². The van der Waals surface area contributed by atoms with Crippen molar-refractivity contribution in [1.82, 2.24) is 9.97 Å². The molecule has 5 heteroatoms. The fourth-order valence-electron chi connectivity index (χ4n) is 1.73. The summed E-state index contributed by atoms with van der Waals surface area (Å²) >= 11 is 3.35. The van der Waals surface area contributed by atoms with Gasteiger partial charge in [-0.25, -0.2) is 4.98 Å². The summed E-state index contributed by atoms with van der Waals surface area (Å²) in [6.45, 7) is 0.506. The summed E-state index contributed by atoms with van der Waals surface area (Å²) in [6.07, 6.45) is 1.74. The Bertz CT molecular complexity index is 481. The maximum absolute atomic E-state index is 5.81. The number of rotatable bonds is 4. The van der Waals surface area contributed by atoms with Crippen LogP contribution in [0.5, 0.6) is 5.75 Å². The molecule has 0 aliphatic heterocycles. The molecule has 0 fully saturated rings. The van der Waals surface area contributed by atoms with Crippen LogP contribution < -0.4 is 10.5 Å². The second-order valence-corrected chi connectivity index (χ2v) is 4.53. The lowest BCUT2D eigenvalue weighted by atomic mass is 9.98. The SMILES string of the molecule is COc1ccc(C(CN)c2ncc(Br)[nH]2)cc1. The van der Waals surface area contributed by atoms with E-state index in [4.69, 9.17) is 10.5 Å². The first-order valence-electron chi connectivity index (χ1n) is 5.29. The number of hydrogen-bond donors (Lipinski definition) is 2. The van der Waals surface area contributed by atoms with Crippen molar-refractivity contribution < 1.29 is 4.74 Å². The molecule has 1 aromatic heterocycles. The van der Waals surface area contributed by atoms with E-state index in [1.165, 1.54) is 0 Å². The van der Waals surface area contributed by atoms with Gasteiger partial charge in [0, 0.05) is 6.54 Å². The average Bonchev–Trinajstić information content (AvgIpc) is 2.78. The van der Waals surface area contributed by atoms with E-state index >= 15 is 0 Å². The van der Waals surface area contributed by atoms with Crippen molar-refractivity contribution in [2.45, 2.75) is 5.92 Å². The topological polar surface area (TPSA) is 63.9 Å². The van der Waals surface area contributed by atoms with E-state index < -0.39 is 0 Å². The number of nitrogens with two attached hydrogens (primary N) is 1. The van der Waals surface area contributed by atoms with Crippen molar-refractivity contribution in [2.24, 2.45) is 5.73 Å². The second-order valence-electron chi connectivity index (χ2n) is 3.68. The molecule has 1 unspecified atom stereocenters. The summed E-state index contributed by atoms with van der Waals surface area (Å²) in [5.74, 6) is 1.78. The fraction of sp³-hybridized carbons (Fsp3) is 0.250. The summed E-state index contributed by atoms with van der Waals surface area (Å²) < 4.78 is 5.99. The van der Waals surface area contributed by atoms with Gasteiger partial charge in [0.1, 0.15) is 16.2 Å². The Balaban J connectivity index is 2.28. The van der Waals surface area contributed by atoms with Gasteiger partial charge in [0.25, 0.3) is 0 Å². The van der Waals surface area contributed by atoms with Gasteiger partial charge < -0.3 is 15.5 Å². The highest BCUT2D eigenvalue weighted by Gasteiger charge is 2.15. The monoisotopic (exact) mass is 295 g/mol. The van der Waals surface area contributed by atoms with Gasteiger partial charge in [-0.15, -0.1) is 0 Å². The number of ether oxygens (including phenoxy) is 1. The quantitative estimate of drug-likeness (QED) is 0.909. The molecule has 4 nitrogen and oxygen atoms in total. The van der Waals surface area contributed by atoms with Gasteiger partial charge in [-0.1, -0.05) is 12.1 Å².